The number of esters is 4. The highest BCUT2D eigenvalue weighted by Crippen LogP contribution is 2.34. The average molecular weight is 558 g/mol. The van der Waals surface area contributed by atoms with E-state index < -0.39 is 60.4 Å². The molecule has 5 atom stereocenters. The van der Waals surface area contributed by atoms with Gasteiger partial charge in [0.1, 0.15) is 24.5 Å². The van der Waals surface area contributed by atoms with E-state index in [9.17, 15) is 24.0 Å². The molecule has 0 unspecified atom stereocenters. The van der Waals surface area contributed by atoms with Crippen LogP contribution in [-0.2, 0) is 42.9 Å². The smallest absolute Gasteiger partial charge is 0.337 e. The van der Waals surface area contributed by atoms with Crippen LogP contribution >= 0.6 is 0 Å². The van der Waals surface area contributed by atoms with E-state index in [0.29, 0.717) is 22.4 Å². The minimum absolute atomic E-state index is 0.295. The summed E-state index contributed by atoms with van der Waals surface area (Å²) in [6.45, 7) is 4.40. The molecule has 1 amide bonds. The Labute approximate surface area is 230 Å². The molecule has 2 aromatic rings. The van der Waals surface area contributed by atoms with E-state index in [0.717, 1.165) is 13.8 Å². The van der Waals surface area contributed by atoms with E-state index in [2.05, 4.69) is 5.32 Å². The van der Waals surface area contributed by atoms with Crippen molar-refractivity contribution in [3.05, 3.63) is 54.1 Å². The first-order chi connectivity index (χ1) is 19.0. The van der Waals surface area contributed by atoms with Gasteiger partial charge in [0.2, 0.25) is 12.2 Å². The van der Waals surface area contributed by atoms with Crippen LogP contribution < -0.4 is 10.1 Å². The van der Waals surface area contributed by atoms with Gasteiger partial charge in [-0.05, 0) is 23.8 Å². The van der Waals surface area contributed by atoms with Gasteiger partial charge in [-0.15, -0.1) is 0 Å². The number of benzene rings is 2. The Hall–Kier alpha value is -4.45. The number of rotatable bonds is 9. The maximum Gasteiger partial charge on any atom is 0.337 e. The van der Waals surface area contributed by atoms with Crippen molar-refractivity contribution in [1.29, 1.82) is 0 Å². The molecule has 1 fully saturated rings. The molecular weight excluding hydrogens is 526 g/mol. The Kier molecular flexibility index (Phi) is 10.2. The predicted molar refractivity (Wildman–Crippen MR) is 138 cm³/mol. The van der Waals surface area contributed by atoms with Gasteiger partial charge >= 0.3 is 23.9 Å². The van der Waals surface area contributed by atoms with Crippen LogP contribution in [0.25, 0.3) is 11.1 Å². The van der Waals surface area contributed by atoms with Crippen molar-refractivity contribution in [3.63, 3.8) is 0 Å². The van der Waals surface area contributed by atoms with Crippen LogP contribution in [0.15, 0.2) is 48.5 Å². The standard InChI is InChI=1S/C28H31NO11/c1-15(30)29-24-26(38-18(4)33)25(37-17(3)32)23(14-36-16(2)31)40-28(24)39-22-12-7-6-11-21(22)19-9-8-10-20(13-19)27(34)35-5/h6-13,23-26,28H,14H2,1-5H3,(H,29,30)/t23-,24-,25+,26-,28-/m1/s1. The number of hydrogen-bond acceptors (Lipinski definition) is 11. The van der Waals surface area contributed by atoms with Crippen LogP contribution in [0.2, 0.25) is 0 Å². The highest BCUT2D eigenvalue weighted by molar-refractivity contribution is 5.91. The second kappa shape index (κ2) is 13.6. The Bertz CT molecular complexity index is 1260. The molecule has 0 bridgehead atoms. The topological polar surface area (TPSA) is 153 Å². The zero-order valence-corrected chi connectivity index (χ0v) is 22.7. The van der Waals surface area contributed by atoms with Gasteiger partial charge in [0.05, 0.1) is 12.7 Å². The molecule has 12 heteroatoms. The third-order valence-electron chi connectivity index (χ3n) is 5.80. The minimum Gasteiger partial charge on any atom is -0.465 e. The van der Waals surface area contributed by atoms with Crippen LogP contribution in [0.4, 0.5) is 0 Å². The number of ether oxygens (including phenoxy) is 6. The van der Waals surface area contributed by atoms with Gasteiger partial charge in [0, 0.05) is 33.3 Å². The van der Waals surface area contributed by atoms with Crippen molar-refractivity contribution < 1.29 is 52.4 Å². The number of amides is 1. The summed E-state index contributed by atoms with van der Waals surface area (Å²) < 4.78 is 33.2. The van der Waals surface area contributed by atoms with Crippen molar-refractivity contribution >= 4 is 29.8 Å². The number of hydrogen-bond donors (Lipinski definition) is 1. The molecule has 1 N–H and O–H groups in total. The number of methoxy groups -OCH3 is 1. The molecule has 40 heavy (non-hydrogen) atoms. The number of carbonyl (C=O) groups excluding carboxylic acids is 5. The summed E-state index contributed by atoms with van der Waals surface area (Å²) in [5.41, 5.74) is 1.51. The highest BCUT2D eigenvalue weighted by Gasteiger charge is 2.52. The second-order valence-electron chi connectivity index (χ2n) is 8.91. The molecule has 1 heterocycles. The van der Waals surface area contributed by atoms with Gasteiger partial charge < -0.3 is 33.7 Å². The van der Waals surface area contributed by atoms with Crippen LogP contribution in [0.3, 0.4) is 0 Å². The van der Waals surface area contributed by atoms with E-state index in [1.165, 1.54) is 21.0 Å². The molecule has 0 saturated carbocycles. The zero-order valence-electron chi connectivity index (χ0n) is 22.7. The van der Waals surface area contributed by atoms with Gasteiger partial charge in [-0.1, -0.05) is 30.3 Å². The molecular formula is C28H31NO11. The fourth-order valence-corrected chi connectivity index (χ4v) is 4.26. The SMILES string of the molecule is COC(=O)c1cccc(-c2ccccc2O[C@@H]2O[C@H](COC(C)=O)[C@H](OC(C)=O)[C@H](OC(C)=O)[C@H]2NC(C)=O)c1. The fourth-order valence-electron chi connectivity index (χ4n) is 4.26. The van der Waals surface area contributed by atoms with Gasteiger partial charge in [0.25, 0.3) is 0 Å². The van der Waals surface area contributed by atoms with E-state index in [-0.39, 0.29) is 6.61 Å². The van der Waals surface area contributed by atoms with E-state index in [4.69, 9.17) is 28.4 Å². The molecule has 1 saturated heterocycles. The molecule has 3 rings (SSSR count). The summed E-state index contributed by atoms with van der Waals surface area (Å²) in [5.74, 6) is -2.77. The first-order valence-corrected chi connectivity index (χ1v) is 12.3. The summed E-state index contributed by atoms with van der Waals surface area (Å²) in [5, 5.41) is 2.66. The zero-order chi connectivity index (χ0) is 29.4. The number of nitrogens with one attached hydrogen (secondary N) is 1. The Morgan fingerprint density at radius 1 is 0.850 bits per heavy atom. The molecule has 1 aliphatic rings. The molecule has 0 spiro atoms. The van der Waals surface area contributed by atoms with Crippen LogP contribution in [-0.4, -0.2) is 74.1 Å². The lowest BCUT2D eigenvalue weighted by Gasteiger charge is -2.44. The maximum absolute atomic E-state index is 12.2. The van der Waals surface area contributed by atoms with Crippen LogP contribution in [0.1, 0.15) is 38.1 Å². The molecule has 0 radical (unpaired) electrons. The molecule has 0 aliphatic carbocycles. The lowest BCUT2D eigenvalue weighted by atomic mass is 9.95. The maximum atomic E-state index is 12.2. The van der Waals surface area contributed by atoms with E-state index >= 15 is 0 Å². The summed E-state index contributed by atoms with van der Waals surface area (Å²) >= 11 is 0. The Morgan fingerprint density at radius 3 is 2.15 bits per heavy atom. The molecule has 2 aromatic carbocycles. The quantitative estimate of drug-likeness (QED) is 0.357. The molecule has 214 valence electrons. The first kappa shape index (κ1) is 30.1. The lowest BCUT2D eigenvalue weighted by molar-refractivity contribution is -0.257. The minimum atomic E-state index is -1.30. The van der Waals surface area contributed by atoms with Crippen molar-refractivity contribution in [3.8, 4) is 16.9 Å². The monoisotopic (exact) mass is 557 g/mol. The van der Waals surface area contributed by atoms with E-state index in [1.54, 1.807) is 48.5 Å². The fraction of sp³-hybridized carbons (Fsp3) is 0.393. The highest BCUT2D eigenvalue weighted by atomic mass is 16.7. The molecule has 1 aliphatic heterocycles. The number of carbonyl (C=O) groups is 5. The molecule has 12 nitrogen and oxygen atoms in total. The summed E-state index contributed by atoms with van der Waals surface area (Å²) in [6, 6.07) is 12.4. The third-order valence-corrected chi connectivity index (χ3v) is 5.80. The van der Waals surface area contributed by atoms with Gasteiger partial charge in [-0.25, -0.2) is 4.79 Å². The van der Waals surface area contributed by atoms with E-state index in [1.807, 2.05) is 0 Å². The van der Waals surface area contributed by atoms with Crippen molar-refractivity contribution in [1.82, 2.24) is 5.32 Å². The number of para-hydroxylation sites is 1. The Morgan fingerprint density at radius 2 is 1.52 bits per heavy atom. The largest absolute Gasteiger partial charge is 0.465 e. The van der Waals surface area contributed by atoms with Gasteiger partial charge in [-0.2, -0.15) is 0 Å². The van der Waals surface area contributed by atoms with Crippen LogP contribution in [0, 0.1) is 0 Å². The van der Waals surface area contributed by atoms with Gasteiger partial charge in [0.15, 0.2) is 12.2 Å². The average Bonchev–Trinajstić information content (AvgIpc) is 2.90. The normalized spacial score (nSPS) is 21.9. The van der Waals surface area contributed by atoms with Crippen molar-refractivity contribution in [2.24, 2.45) is 0 Å². The summed E-state index contributed by atoms with van der Waals surface area (Å²) in [6.07, 6.45) is -4.93. The Balaban J connectivity index is 2.06. The predicted octanol–water partition coefficient (Wildman–Crippen LogP) is 2.18. The lowest BCUT2D eigenvalue weighted by Crippen LogP contribution is -2.67. The summed E-state index contributed by atoms with van der Waals surface area (Å²) in [7, 11) is 1.28. The third kappa shape index (κ3) is 7.79. The summed E-state index contributed by atoms with van der Waals surface area (Å²) in [4.78, 5) is 59.9. The van der Waals surface area contributed by atoms with Crippen molar-refractivity contribution in [2.75, 3.05) is 13.7 Å². The van der Waals surface area contributed by atoms with Gasteiger partial charge in [-0.3, -0.25) is 19.2 Å². The first-order valence-electron chi connectivity index (χ1n) is 12.3. The van der Waals surface area contributed by atoms with Crippen LogP contribution in [0.5, 0.6) is 5.75 Å². The van der Waals surface area contributed by atoms with Crippen molar-refractivity contribution in [2.45, 2.75) is 58.3 Å². The second-order valence-corrected chi connectivity index (χ2v) is 8.91. The molecule has 0 aromatic heterocycles.